The third-order valence-electron chi connectivity index (χ3n) is 5.03. The lowest BCUT2D eigenvalue weighted by Crippen LogP contribution is -2.51. The molecule has 2 bridgehead atoms. The smallest absolute Gasteiger partial charge is 0.369 e. The molecule has 0 aromatic rings. The van der Waals surface area contributed by atoms with Crippen LogP contribution in [0.15, 0.2) is 0 Å². The van der Waals surface area contributed by atoms with Crippen LogP contribution in [0.3, 0.4) is 0 Å². The van der Waals surface area contributed by atoms with Gasteiger partial charge in [0.25, 0.3) is 0 Å². The molecule has 12 heteroatoms. The molecule has 1 aliphatic carbocycles. The Kier molecular flexibility index (Phi) is 5.08. The van der Waals surface area contributed by atoms with Gasteiger partial charge in [0.05, 0.1) is 12.1 Å². The Bertz CT molecular complexity index is 713. The second-order valence-corrected chi connectivity index (χ2v) is 7.98. The molecule has 2 saturated heterocycles. The van der Waals surface area contributed by atoms with Crippen LogP contribution in [0.25, 0.3) is 0 Å². The van der Waals surface area contributed by atoms with Crippen molar-refractivity contribution >= 4 is 28.2 Å². The number of hydrogen-bond donors (Lipinski definition) is 4. The van der Waals surface area contributed by atoms with E-state index in [1.165, 1.54) is 11.8 Å². The van der Waals surface area contributed by atoms with Gasteiger partial charge in [-0.05, 0) is 32.1 Å². The van der Waals surface area contributed by atoms with E-state index >= 15 is 0 Å². The topological polar surface area (TPSA) is 152 Å². The maximum Gasteiger partial charge on any atom is 0.418 e. The highest BCUT2D eigenvalue weighted by molar-refractivity contribution is 7.80. The van der Waals surface area contributed by atoms with Crippen molar-refractivity contribution in [2.75, 3.05) is 6.54 Å². The molecule has 3 amide bonds. The molecule has 4 N–H and O–H groups in total. The summed E-state index contributed by atoms with van der Waals surface area (Å²) in [6.45, 7) is 1.71. The van der Waals surface area contributed by atoms with Crippen molar-refractivity contribution in [3.05, 3.63) is 0 Å². The lowest BCUT2D eigenvalue weighted by molar-refractivity contribution is -0.119. The normalized spacial score (nSPS) is 31.2. The summed E-state index contributed by atoms with van der Waals surface area (Å²) in [4.78, 5) is 24.9. The molecule has 2 unspecified atom stereocenters. The van der Waals surface area contributed by atoms with Crippen molar-refractivity contribution in [2.24, 2.45) is 0 Å². The number of nitrogens with one attached hydrogen (secondary N) is 3. The fourth-order valence-corrected chi connectivity index (χ4v) is 4.37. The maximum atomic E-state index is 12.4. The molecule has 146 valence electrons. The number of amidine groups is 1. The highest BCUT2D eigenvalue weighted by Gasteiger charge is 2.48. The Hall–Kier alpha value is -1.92. The van der Waals surface area contributed by atoms with E-state index in [1.54, 1.807) is 0 Å². The van der Waals surface area contributed by atoms with E-state index in [2.05, 4.69) is 14.9 Å². The van der Waals surface area contributed by atoms with Crippen molar-refractivity contribution in [2.45, 2.75) is 63.2 Å². The largest absolute Gasteiger partial charge is 0.418 e. The average Bonchev–Trinajstić information content (AvgIpc) is 3.04. The molecule has 11 nitrogen and oxygen atoms in total. The summed E-state index contributed by atoms with van der Waals surface area (Å²) in [6.07, 6.45) is 3.31. The van der Waals surface area contributed by atoms with Gasteiger partial charge in [-0.15, -0.1) is 4.28 Å². The van der Waals surface area contributed by atoms with E-state index in [9.17, 15) is 18.0 Å². The van der Waals surface area contributed by atoms with E-state index < -0.39 is 28.5 Å². The second-order valence-electron chi connectivity index (χ2n) is 6.98. The lowest BCUT2D eigenvalue weighted by atomic mass is 9.99. The van der Waals surface area contributed by atoms with Crippen LogP contribution in [0.5, 0.6) is 0 Å². The van der Waals surface area contributed by atoms with Crippen LogP contribution < -0.4 is 10.6 Å². The molecular formula is C14H23N5O6S. The van der Waals surface area contributed by atoms with E-state index in [-0.39, 0.29) is 30.4 Å². The Balaban J connectivity index is 1.58. The molecule has 2 heterocycles. The summed E-state index contributed by atoms with van der Waals surface area (Å²) in [5, 5.41) is 15.0. The molecular weight excluding hydrogens is 366 g/mol. The van der Waals surface area contributed by atoms with Gasteiger partial charge in [-0.1, -0.05) is 0 Å². The molecule has 0 radical (unpaired) electrons. The van der Waals surface area contributed by atoms with Gasteiger partial charge in [-0.3, -0.25) is 14.8 Å². The minimum absolute atomic E-state index is 0.0416. The molecule has 4 atom stereocenters. The van der Waals surface area contributed by atoms with Gasteiger partial charge >= 0.3 is 16.4 Å². The standard InChI is InChI=1S/C14H23N5O6S/c1-8(20)16-9-2-3-10(6-9)17-13(15)12-5-4-11-7-18(12)14(21)19(11)25-26(22,23)24/h9-12H,2-7H2,1H3,(H2,15,17)(H,16,20)(H,22,23,24)/t9?,10?,11-,12+/m1/s1. The van der Waals surface area contributed by atoms with E-state index in [0.29, 0.717) is 24.3 Å². The number of amides is 3. The first-order chi connectivity index (χ1) is 12.1. The average molecular weight is 389 g/mol. The minimum Gasteiger partial charge on any atom is -0.369 e. The van der Waals surface area contributed by atoms with E-state index in [0.717, 1.165) is 12.8 Å². The number of urea groups is 1. The van der Waals surface area contributed by atoms with Crippen LogP contribution in [0.1, 0.15) is 39.0 Å². The number of hydroxylamine groups is 2. The van der Waals surface area contributed by atoms with Gasteiger partial charge in [0.2, 0.25) is 5.91 Å². The van der Waals surface area contributed by atoms with Gasteiger partial charge in [0, 0.05) is 25.6 Å². The number of rotatable bonds is 5. The summed E-state index contributed by atoms with van der Waals surface area (Å²) < 4.78 is 35.0. The van der Waals surface area contributed by atoms with Gasteiger partial charge in [-0.25, -0.2) is 4.79 Å². The minimum atomic E-state index is -4.78. The molecule has 3 fully saturated rings. The van der Waals surface area contributed by atoms with Crippen LogP contribution in [0, 0.1) is 5.41 Å². The molecule has 26 heavy (non-hydrogen) atoms. The number of piperidine rings is 1. The van der Waals surface area contributed by atoms with E-state index in [1.807, 2.05) is 0 Å². The zero-order valence-electron chi connectivity index (χ0n) is 14.3. The summed E-state index contributed by atoms with van der Waals surface area (Å²) in [5.41, 5.74) is 0. The number of hydrogen-bond acceptors (Lipinski definition) is 6. The molecule has 1 saturated carbocycles. The van der Waals surface area contributed by atoms with Gasteiger partial charge in [-0.2, -0.15) is 13.5 Å². The first-order valence-corrected chi connectivity index (χ1v) is 9.89. The van der Waals surface area contributed by atoms with Crippen LogP contribution in [0.4, 0.5) is 4.79 Å². The van der Waals surface area contributed by atoms with Crippen molar-refractivity contribution in [3.8, 4) is 0 Å². The van der Waals surface area contributed by atoms with Gasteiger partial charge < -0.3 is 15.5 Å². The van der Waals surface area contributed by atoms with Crippen LogP contribution >= 0.6 is 0 Å². The number of fused-ring (bicyclic) bond motifs is 2. The highest BCUT2D eigenvalue weighted by Crippen LogP contribution is 2.31. The van der Waals surface area contributed by atoms with Crippen molar-refractivity contribution in [1.82, 2.24) is 20.6 Å². The second kappa shape index (κ2) is 7.00. The predicted molar refractivity (Wildman–Crippen MR) is 89.5 cm³/mol. The third-order valence-corrected chi connectivity index (χ3v) is 5.38. The SMILES string of the molecule is CC(=O)NC1CCC(NC(=N)[C@@H]2CC[C@@H]3CN2C(=O)N3OS(=O)(=O)O)C1. The molecule has 0 aromatic heterocycles. The molecule has 2 aliphatic heterocycles. The number of nitrogens with zero attached hydrogens (tertiary/aromatic N) is 2. The van der Waals surface area contributed by atoms with Crippen molar-refractivity contribution < 1.29 is 26.8 Å². The maximum absolute atomic E-state index is 12.4. The number of carbonyl (C=O) groups is 2. The molecule has 0 spiro atoms. The zero-order valence-corrected chi connectivity index (χ0v) is 15.2. The summed E-state index contributed by atoms with van der Waals surface area (Å²) in [7, 11) is -4.78. The van der Waals surface area contributed by atoms with Gasteiger partial charge in [0.1, 0.15) is 5.84 Å². The van der Waals surface area contributed by atoms with Crippen LogP contribution in [-0.2, 0) is 19.5 Å². The Morgan fingerprint density at radius 2 is 1.88 bits per heavy atom. The van der Waals surface area contributed by atoms with E-state index in [4.69, 9.17) is 9.96 Å². The fourth-order valence-electron chi connectivity index (χ4n) is 3.98. The molecule has 0 aromatic carbocycles. The molecule has 3 rings (SSSR count). The Morgan fingerprint density at radius 3 is 2.50 bits per heavy atom. The Morgan fingerprint density at radius 1 is 1.23 bits per heavy atom. The quantitative estimate of drug-likeness (QED) is 0.284. The summed E-state index contributed by atoms with van der Waals surface area (Å²) >= 11 is 0. The fraction of sp³-hybridized carbons (Fsp3) is 0.786. The third kappa shape index (κ3) is 4.07. The van der Waals surface area contributed by atoms with Crippen LogP contribution in [-0.4, -0.2) is 71.4 Å². The first kappa shape index (κ1) is 18.9. The highest BCUT2D eigenvalue weighted by atomic mass is 32.3. The number of carbonyl (C=O) groups excluding carboxylic acids is 2. The molecule has 3 aliphatic rings. The zero-order chi connectivity index (χ0) is 19.1. The predicted octanol–water partition coefficient (Wildman–Crippen LogP) is -0.387. The van der Waals surface area contributed by atoms with Crippen molar-refractivity contribution in [3.63, 3.8) is 0 Å². The first-order valence-electron chi connectivity index (χ1n) is 8.53. The Labute approximate surface area is 151 Å². The van der Waals surface area contributed by atoms with Crippen LogP contribution in [0.2, 0.25) is 0 Å². The van der Waals surface area contributed by atoms with Gasteiger partial charge in [0.15, 0.2) is 0 Å². The lowest BCUT2D eigenvalue weighted by Gasteiger charge is -2.32. The van der Waals surface area contributed by atoms with Crippen molar-refractivity contribution in [1.29, 1.82) is 5.41 Å². The monoisotopic (exact) mass is 389 g/mol. The summed E-state index contributed by atoms with van der Waals surface area (Å²) in [6, 6.07) is -1.51. The summed E-state index contributed by atoms with van der Waals surface area (Å²) in [5.74, 6) is 0.115.